The maximum Gasteiger partial charge on any atom is 0.0571 e. The van der Waals surface area contributed by atoms with Crippen molar-refractivity contribution in [3.05, 3.63) is 0 Å². The smallest absolute Gasteiger partial charge is 0.0571 e. The second kappa shape index (κ2) is 61.1. The van der Waals surface area contributed by atoms with Gasteiger partial charge in [0.25, 0.3) is 0 Å². The molecule has 5 heteroatoms. The Balaban J connectivity index is -0.000000192. The molecule has 0 nitrogen and oxygen atoms in total. The minimum atomic E-state index is 0. The summed E-state index contributed by atoms with van der Waals surface area (Å²) in [5, 5.41) is 0. The van der Waals surface area contributed by atoms with Gasteiger partial charge in [-0.05, 0) is 77.0 Å². The van der Waals surface area contributed by atoms with Crippen LogP contribution in [0.3, 0.4) is 0 Å². The van der Waals surface area contributed by atoms with E-state index in [0.717, 1.165) is 0 Å². The van der Waals surface area contributed by atoms with E-state index in [4.69, 9.17) is 0 Å². The van der Waals surface area contributed by atoms with Crippen molar-refractivity contribution in [1.82, 2.24) is 0 Å². The summed E-state index contributed by atoms with van der Waals surface area (Å²) >= 11 is 0. The molecule has 0 N–H and O–H groups in total. The van der Waals surface area contributed by atoms with Crippen LogP contribution < -0.4 is 0 Å². The van der Waals surface area contributed by atoms with Gasteiger partial charge in [-0.25, -0.2) is 0 Å². The predicted octanol–water partition coefficient (Wildman–Crippen LogP) is 18.4. The van der Waals surface area contributed by atoms with Gasteiger partial charge in [-0.2, -0.15) is 0 Å². The summed E-state index contributed by atoms with van der Waals surface area (Å²) in [7, 11) is 0.270. The molecule has 53 heavy (non-hydrogen) atoms. The Morgan fingerprint density at radius 1 is 0.170 bits per heavy atom. The van der Waals surface area contributed by atoms with Gasteiger partial charge in [0.1, 0.15) is 0 Å². The molecule has 0 bridgehead atoms. The number of rotatable bonds is 36. The van der Waals surface area contributed by atoms with Crippen LogP contribution in [0.25, 0.3) is 0 Å². The first-order chi connectivity index (χ1) is 25.4. The molecule has 0 amide bonds. The van der Waals surface area contributed by atoms with E-state index in [1.54, 1.807) is 73.9 Å². The fourth-order valence-corrected chi connectivity index (χ4v) is 19.9. The minimum absolute atomic E-state index is 0. The third-order valence-electron chi connectivity index (χ3n) is 10.6. The summed E-state index contributed by atoms with van der Waals surface area (Å²) < 4.78 is 0. The van der Waals surface area contributed by atoms with Gasteiger partial charge in [0, 0.05) is 52.1 Å². The van der Waals surface area contributed by atoms with Crippen molar-refractivity contribution < 1.29 is 20.4 Å². The summed E-state index contributed by atoms with van der Waals surface area (Å²) in [6.45, 7) is 27.8. The molecule has 0 saturated carbocycles. The summed E-state index contributed by atoms with van der Waals surface area (Å²) in [4.78, 5) is 0. The second-order valence-corrected chi connectivity index (χ2v) is 28.2. The summed E-state index contributed by atoms with van der Waals surface area (Å²) in [5.41, 5.74) is 0. The van der Waals surface area contributed by atoms with E-state index in [9.17, 15) is 0 Å². The van der Waals surface area contributed by atoms with Crippen LogP contribution in [0.15, 0.2) is 0 Å². The van der Waals surface area contributed by atoms with Crippen molar-refractivity contribution in [1.29, 1.82) is 0 Å². The SMILES string of the molecule is CCCC[PH+](CCCC)CCCC.CCCC[PH+](CCCC)CCCC.CCCC[PH+](CCCC)CCCC.CCCC[PH+](CCCC)CCCC.[Pd]. The van der Waals surface area contributed by atoms with E-state index >= 15 is 0 Å². The van der Waals surface area contributed by atoms with E-state index in [1.807, 2.05) is 0 Å². The Morgan fingerprint density at radius 2 is 0.245 bits per heavy atom. The molecule has 0 aliphatic carbocycles. The van der Waals surface area contributed by atoms with Gasteiger partial charge in [-0.15, -0.1) is 0 Å². The van der Waals surface area contributed by atoms with Crippen LogP contribution in [0, 0.1) is 0 Å². The molecule has 0 fully saturated rings. The van der Waals surface area contributed by atoms with E-state index in [2.05, 4.69) is 83.1 Å². The Kier molecular flexibility index (Phi) is 74.3. The van der Waals surface area contributed by atoms with E-state index in [0.29, 0.717) is 0 Å². The van der Waals surface area contributed by atoms with Crippen LogP contribution in [0.4, 0.5) is 0 Å². The zero-order valence-corrected chi connectivity index (χ0v) is 45.3. The molecule has 0 saturated heterocycles. The summed E-state index contributed by atoms with van der Waals surface area (Å²) in [6.07, 6.45) is 53.6. The first-order valence-corrected chi connectivity index (χ1v) is 33.2. The van der Waals surface area contributed by atoms with Crippen LogP contribution in [-0.2, 0) is 20.4 Å². The molecule has 0 aromatic heterocycles. The molecular weight excluding hydrogens is 807 g/mol. The quantitative estimate of drug-likeness (QED) is 0.0434. The summed E-state index contributed by atoms with van der Waals surface area (Å²) in [6, 6.07) is 0. The average Bonchev–Trinajstić information content (AvgIpc) is 3.17. The minimum Gasteiger partial charge on any atom is -0.0652 e. The van der Waals surface area contributed by atoms with Gasteiger partial charge in [0.2, 0.25) is 0 Å². The van der Waals surface area contributed by atoms with E-state index in [1.165, 1.54) is 154 Å². The van der Waals surface area contributed by atoms with Crippen LogP contribution in [0.1, 0.15) is 237 Å². The number of unbranched alkanes of at least 4 members (excludes halogenated alkanes) is 12. The van der Waals surface area contributed by atoms with E-state index in [-0.39, 0.29) is 52.1 Å². The van der Waals surface area contributed by atoms with Crippen molar-refractivity contribution in [3.8, 4) is 0 Å². The third kappa shape index (κ3) is 58.8. The Morgan fingerprint density at radius 3 is 0.302 bits per heavy atom. The van der Waals surface area contributed by atoms with Crippen LogP contribution in [0.5, 0.6) is 0 Å². The van der Waals surface area contributed by atoms with Crippen molar-refractivity contribution in [3.63, 3.8) is 0 Å². The largest absolute Gasteiger partial charge is 0.0652 e. The molecule has 0 aromatic rings. The topological polar surface area (TPSA) is 0 Å². The summed E-state index contributed by atoms with van der Waals surface area (Å²) in [5.74, 6) is 0. The fourth-order valence-electron chi connectivity index (χ4n) is 6.62. The van der Waals surface area contributed by atoms with Gasteiger partial charge in [-0.1, -0.05) is 160 Å². The van der Waals surface area contributed by atoms with Crippen molar-refractivity contribution in [2.45, 2.75) is 237 Å². The second-order valence-electron chi connectivity index (χ2n) is 16.2. The van der Waals surface area contributed by atoms with Crippen molar-refractivity contribution >= 4 is 31.7 Å². The monoisotopic (exact) mass is 919 g/mol. The molecule has 0 aliphatic heterocycles. The fraction of sp³-hybridized carbons (Fsp3) is 1.00. The van der Waals surface area contributed by atoms with Gasteiger partial charge < -0.3 is 0 Å². The molecule has 0 spiro atoms. The molecule has 0 aliphatic rings. The molecule has 0 atom stereocenters. The molecule has 0 heterocycles. The average molecular weight is 920 g/mol. The third-order valence-corrected chi connectivity index (χ3v) is 23.3. The number of hydrogen-bond acceptors (Lipinski definition) is 0. The maximum atomic E-state index is 2.32. The first kappa shape index (κ1) is 64.5. The van der Waals surface area contributed by atoms with Crippen molar-refractivity contribution in [2.75, 3.05) is 73.9 Å². The molecular formula is C48H112P4Pd+4. The van der Waals surface area contributed by atoms with Gasteiger partial charge in [0.15, 0.2) is 0 Å². The van der Waals surface area contributed by atoms with Crippen molar-refractivity contribution in [2.24, 2.45) is 0 Å². The first-order valence-electron chi connectivity index (χ1n) is 24.7. The standard InChI is InChI=1S/4C12H27P.Pd/c4*1-4-7-10-13(11-8-5-2)12-9-6-3;/h4*4-12H2,1-3H3;/p+4. The van der Waals surface area contributed by atoms with Crippen LogP contribution in [0.2, 0.25) is 0 Å². The van der Waals surface area contributed by atoms with Gasteiger partial charge >= 0.3 is 0 Å². The Hall–Kier alpha value is 2.38. The zero-order chi connectivity index (χ0) is 39.8. The Bertz CT molecular complexity index is 392. The molecule has 0 rings (SSSR count). The van der Waals surface area contributed by atoms with Gasteiger partial charge in [0.05, 0.1) is 73.9 Å². The number of hydrogen-bond donors (Lipinski definition) is 0. The molecule has 330 valence electrons. The predicted molar refractivity (Wildman–Crippen MR) is 271 cm³/mol. The maximum absolute atomic E-state index is 2.32. The van der Waals surface area contributed by atoms with E-state index < -0.39 is 0 Å². The van der Waals surface area contributed by atoms with Crippen LogP contribution in [-0.4, -0.2) is 73.9 Å². The molecule has 0 radical (unpaired) electrons. The molecule has 0 aromatic carbocycles. The zero-order valence-electron chi connectivity index (χ0n) is 39.8. The van der Waals surface area contributed by atoms with Crippen LogP contribution >= 0.6 is 31.7 Å². The molecule has 0 unspecified atom stereocenters. The normalized spacial score (nSPS) is 10.9. The van der Waals surface area contributed by atoms with Gasteiger partial charge in [-0.3, -0.25) is 0 Å². The Labute approximate surface area is 361 Å².